The van der Waals surface area contributed by atoms with Crippen LogP contribution in [0.4, 0.5) is 0 Å². The van der Waals surface area contributed by atoms with Crippen LogP contribution >= 0.6 is 0 Å². The summed E-state index contributed by atoms with van der Waals surface area (Å²) in [6.45, 7) is 2.09. The molecule has 1 aromatic heterocycles. The Bertz CT molecular complexity index is 929. The molecule has 0 radical (unpaired) electrons. The van der Waals surface area contributed by atoms with Crippen molar-refractivity contribution in [3.8, 4) is 0 Å². The normalized spacial score (nSPS) is 11.9. The molecule has 0 spiro atoms. The zero-order valence-corrected chi connectivity index (χ0v) is 13.3. The summed E-state index contributed by atoms with van der Waals surface area (Å²) in [4.78, 5) is 0.271. The van der Waals surface area contributed by atoms with Crippen LogP contribution in [0.1, 0.15) is 11.3 Å². The summed E-state index contributed by atoms with van der Waals surface area (Å²) in [6.07, 6.45) is 1.82. The van der Waals surface area contributed by atoms with Crippen LogP contribution in [0, 0.1) is 6.92 Å². The maximum absolute atomic E-state index is 12.4. The third-order valence-corrected chi connectivity index (χ3v) is 5.00. The van der Waals surface area contributed by atoms with Crippen molar-refractivity contribution in [3.63, 3.8) is 0 Å². The molecule has 1 heterocycles. The molecule has 5 nitrogen and oxygen atoms in total. The second kappa shape index (κ2) is 5.55. The van der Waals surface area contributed by atoms with Crippen molar-refractivity contribution in [1.82, 2.24) is 14.5 Å². The van der Waals surface area contributed by atoms with E-state index in [4.69, 9.17) is 0 Å². The van der Waals surface area contributed by atoms with Crippen LogP contribution in [0.5, 0.6) is 0 Å². The van der Waals surface area contributed by atoms with Gasteiger partial charge >= 0.3 is 0 Å². The Kier molecular flexibility index (Phi) is 3.72. The largest absolute Gasteiger partial charge is 0.275 e. The predicted octanol–water partition coefficient (Wildman–Crippen LogP) is 2.36. The minimum atomic E-state index is -3.54. The molecule has 0 saturated heterocycles. The maximum Gasteiger partial charge on any atom is 0.240 e. The molecule has 0 aliphatic carbocycles. The van der Waals surface area contributed by atoms with Crippen LogP contribution in [0.3, 0.4) is 0 Å². The number of fused-ring (bicyclic) bond motifs is 1. The number of aromatic nitrogens is 2. The lowest BCUT2D eigenvalue weighted by Crippen LogP contribution is -2.23. The third-order valence-electron chi connectivity index (χ3n) is 3.60. The Morgan fingerprint density at radius 1 is 1.14 bits per heavy atom. The lowest BCUT2D eigenvalue weighted by Gasteiger charge is -2.07. The molecule has 0 bridgehead atoms. The number of rotatable bonds is 4. The van der Waals surface area contributed by atoms with Gasteiger partial charge in [0.1, 0.15) is 0 Å². The standard InChI is InChI=1S/C16H17N3O2S/c1-12-15(11-19(2)18-12)10-17-22(20,21)16-8-7-13-5-3-4-6-14(13)9-16/h3-9,11,17H,10H2,1-2H3. The van der Waals surface area contributed by atoms with Gasteiger partial charge in [-0.05, 0) is 29.8 Å². The van der Waals surface area contributed by atoms with E-state index in [2.05, 4.69) is 9.82 Å². The van der Waals surface area contributed by atoms with Crippen molar-refractivity contribution in [2.75, 3.05) is 0 Å². The average molecular weight is 315 g/mol. The van der Waals surface area contributed by atoms with Crippen molar-refractivity contribution in [2.24, 2.45) is 7.05 Å². The summed E-state index contributed by atoms with van der Waals surface area (Å²) in [6, 6.07) is 12.8. The van der Waals surface area contributed by atoms with E-state index in [0.717, 1.165) is 22.0 Å². The van der Waals surface area contributed by atoms with Gasteiger partial charge in [0.25, 0.3) is 0 Å². The highest BCUT2D eigenvalue weighted by molar-refractivity contribution is 7.89. The maximum atomic E-state index is 12.4. The molecule has 1 N–H and O–H groups in total. The molecule has 0 fully saturated rings. The highest BCUT2D eigenvalue weighted by atomic mass is 32.2. The van der Waals surface area contributed by atoms with Crippen LogP contribution in [0.25, 0.3) is 10.8 Å². The van der Waals surface area contributed by atoms with Crippen molar-refractivity contribution in [3.05, 3.63) is 59.9 Å². The molecule has 0 amide bonds. The highest BCUT2D eigenvalue weighted by Crippen LogP contribution is 2.19. The van der Waals surface area contributed by atoms with Gasteiger partial charge in [0, 0.05) is 25.4 Å². The van der Waals surface area contributed by atoms with Crippen LogP contribution in [0.2, 0.25) is 0 Å². The Balaban J connectivity index is 1.86. The van der Waals surface area contributed by atoms with E-state index in [9.17, 15) is 8.42 Å². The number of benzene rings is 2. The summed E-state index contributed by atoms with van der Waals surface area (Å²) in [7, 11) is -1.73. The number of hydrogen-bond donors (Lipinski definition) is 1. The van der Waals surface area contributed by atoms with Gasteiger partial charge < -0.3 is 0 Å². The first-order valence-corrected chi connectivity index (χ1v) is 8.41. The van der Waals surface area contributed by atoms with E-state index < -0.39 is 10.0 Å². The molecule has 2 aromatic carbocycles. The van der Waals surface area contributed by atoms with E-state index in [1.165, 1.54) is 0 Å². The summed E-state index contributed by atoms with van der Waals surface area (Å²) < 4.78 is 29.2. The predicted molar refractivity (Wildman–Crippen MR) is 85.9 cm³/mol. The molecule has 6 heteroatoms. The first-order chi connectivity index (χ1) is 10.5. The Morgan fingerprint density at radius 2 is 1.86 bits per heavy atom. The van der Waals surface area contributed by atoms with Gasteiger partial charge in [-0.3, -0.25) is 4.68 Å². The van der Waals surface area contributed by atoms with Gasteiger partial charge in [-0.2, -0.15) is 5.10 Å². The van der Waals surface area contributed by atoms with Crippen LogP contribution in [-0.4, -0.2) is 18.2 Å². The van der Waals surface area contributed by atoms with Crippen molar-refractivity contribution < 1.29 is 8.42 Å². The summed E-state index contributed by atoms with van der Waals surface area (Å²) in [5.41, 5.74) is 1.69. The lowest BCUT2D eigenvalue weighted by atomic mass is 10.1. The highest BCUT2D eigenvalue weighted by Gasteiger charge is 2.15. The Labute approximate surface area is 129 Å². The van der Waals surface area contributed by atoms with E-state index in [1.54, 1.807) is 16.8 Å². The van der Waals surface area contributed by atoms with E-state index in [-0.39, 0.29) is 11.4 Å². The lowest BCUT2D eigenvalue weighted by molar-refractivity contribution is 0.581. The fourth-order valence-electron chi connectivity index (χ4n) is 2.41. The molecule has 0 atom stereocenters. The SMILES string of the molecule is Cc1nn(C)cc1CNS(=O)(=O)c1ccc2ccccc2c1. The number of sulfonamides is 1. The molecule has 114 valence electrons. The van der Waals surface area contributed by atoms with Crippen molar-refractivity contribution in [2.45, 2.75) is 18.4 Å². The van der Waals surface area contributed by atoms with Crippen molar-refractivity contribution in [1.29, 1.82) is 0 Å². The third kappa shape index (κ3) is 2.88. The van der Waals surface area contributed by atoms with E-state index in [0.29, 0.717) is 0 Å². The molecule has 3 rings (SSSR count). The summed E-state index contributed by atoms with van der Waals surface area (Å²) >= 11 is 0. The van der Waals surface area contributed by atoms with Crippen molar-refractivity contribution >= 4 is 20.8 Å². The molecule has 0 aliphatic heterocycles. The number of hydrogen-bond acceptors (Lipinski definition) is 3. The topological polar surface area (TPSA) is 64.0 Å². The van der Waals surface area contributed by atoms with Crippen LogP contribution in [-0.2, 0) is 23.6 Å². The van der Waals surface area contributed by atoms with Gasteiger partial charge in [-0.1, -0.05) is 30.3 Å². The molecule has 3 aromatic rings. The second-order valence-corrected chi connectivity index (χ2v) is 7.01. The molecule has 0 aliphatic rings. The molecule has 22 heavy (non-hydrogen) atoms. The van der Waals surface area contributed by atoms with Gasteiger partial charge in [0.2, 0.25) is 10.0 Å². The number of aryl methyl sites for hydroxylation is 2. The van der Waals surface area contributed by atoms with Crippen LogP contribution in [0.15, 0.2) is 53.6 Å². The molecule has 0 saturated carbocycles. The van der Waals surface area contributed by atoms with Gasteiger partial charge in [0.15, 0.2) is 0 Å². The zero-order chi connectivity index (χ0) is 15.7. The fraction of sp³-hybridized carbons (Fsp3) is 0.188. The minimum Gasteiger partial charge on any atom is -0.275 e. The summed E-state index contributed by atoms with van der Waals surface area (Å²) in [5.74, 6) is 0. The first-order valence-electron chi connectivity index (χ1n) is 6.93. The molecule has 0 unspecified atom stereocenters. The van der Waals surface area contributed by atoms with E-state index >= 15 is 0 Å². The molecular formula is C16H17N3O2S. The van der Waals surface area contributed by atoms with Gasteiger partial charge in [-0.15, -0.1) is 0 Å². The fourth-order valence-corrected chi connectivity index (χ4v) is 3.45. The number of nitrogens with one attached hydrogen (secondary N) is 1. The molecular weight excluding hydrogens is 298 g/mol. The second-order valence-electron chi connectivity index (χ2n) is 5.25. The smallest absolute Gasteiger partial charge is 0.240 e. The van der Waals surface area contributed by atoms with Gasteiger partial charge in [-0.25, -0.2) is 13.1 Å². The van der Waals surface area contributed by atoms with Gasteiger partial charge in [0.05, 0.1) is 10.6 Å². The summed E-state index contributed by atoms with van der Waals surface area (Å²) in [5, 5.41) is 6.13. The zero-order valence-electron chi connectivity index (χ0n) is 12.4. The minimum absolute atomic E-state index is 0.231. The Hall–Kier alpha value is -2.18. The number of nitrogens with zero attached hydrogens (tertiary/aromatic N) is 2. The first kappa shape index (κ1) is 14.7. The van der Waals surface area contributed by atoms with E-state index in [1.807, 2.05) is 50.5 Å². The monoisotopic (exact) mass is 315 g/mol. The van der Waals surface area contributed by atoms with Crippen LogP contribution < -0.4 is 4.72 Å². The Morgan fingerprint density at radius 3 is 2.55 bits per heavy atom. The average Bonchev–Trinajstić information content (AvgIpc) is 2.82. The quantitative estimate of drug-likeness (QED) is 0.804.